The van der Waals surface area contributed by atoms with Gasteiger partial charge in [-0.1, -0.05) is 18.2 Å². The summed E-state index contributed by atoms with van der Waals surface area (Å²) in [6.45, 7) is 0. The van der Waals surface area contributed by atoms with Crippen molar-refractivity contribution in [3.8, 4) is 11.1 Å². The van der Waals surface area contributed by atoms with Crippen LogP contribution in [0, 0.1) is 30.3 Å². The molecule has 1 heterocycles. The SMILES string of the molecule is O=C(O)c1cc([N+](=O)[O-])cc2c1-c1c(cc([N+](=O)[O-])cc1[N+](=O)[O-])/C2=C/c1cc2ccccc2[nH]1. The van der Waals surface area contributed by atoms with Gasteiger partial charge in [0.15, 0.2) is 0 Å². The number of carbonyl (C=O) groups is 1. The third-order valence-corrected chi connectivity index (χ3v) is 5.76. The second-order valence-corrected chi connectivity index (χ2v) is 7.75. The molecule has 1 aliphatic rings. The molecule has 0 unspecified atom stereocenters. The number of para-hydroxylation sites is 1. The second-order valence-electron chi connectivity index (χ2n) is 7.75. The topological polar surface area (TPSA) is 183 Å². The van der Waals surface area contributed by atoms with E-state index in [0.29, 0.717) is 5.69 Å². The number of fused-ring (bicyclic) bond motifs is 4. The molecule has 0 radical (unpaired) electrons. The monoisotopic (exact) mass is 472 g/mol. The lowest BCUT2D eigenvalue weighted by Crippen LogP contribution is -2.03. The van der Waals surface area contributed by atoms with Crippen LogP contribution in [-0.4, -0.2) is 30.8 Å². The van der Waals surface area contributed by atoms with Crippen LogP contribution < -0.4 is 0 Å². The van der Waals surface area contributed by atoms with Gasteiger partial charge in [0.25, 0.3) is 17.1 Å². The van der Waals surface area contributed by atoms with Gasteiger partial charge in [-0.3, -0.25) is 30.3 Å². The minimum absolute atomic E-state index is 0.0301. The normalized spacial score (nSPS) is 13.0. The van der Waals surface area contributed by atoms with Crippen molar-refractivity contribution in [1.29, 1.82) is 0 Å². The standard InChI is InChI=1S/C23H12N4O8/c28-23(29)18-9-13(25(30)31)7-16-15(6-12-5-11-3-1-2-4-19(11)24-12)17-8-14(26(32)33)10-20(27(34)35)22(17)21(16)18/h1-10,24H,(H,28,29)/b15-6+. The zero-order chi connectivity index (χ0) is 25.0. The van der Waals surface area contributed by atoms with Crippen LogP contribution in [0.1, 0.15) is 27.2 Å². The van der Waals surface area contributed by atoms with Gasteiger partial charge in [0, 0.05) is 40.5 Å². The van der Waals surface area contributed by atoms with Crippen LogP contribution in [0.15, 0.2) is 54.6 Å². The van der Waals surface area contributed by atoms with Crippen molar-refractivity contribution >= 4 is 45.6 Å². The van der Waals surface area contributed by atoms with E-state index < -0.39 is 43.4 Å². The highest BCUT2D eigenvalue weighted by Crippen LogP contribution is 2.53. The molecule has 0 bridgehead atoms. The summed E-state index contributed by atoms with van der Waals surface area (Å²) in [4.78, 5) is 47.7. The largest absolute Gasteiger partial charge is 0.478 e. The fraction of sp³-hybridized carbons (Fsp3) is 0. The number of non-ortho nitro benzene ring substituents is 2. The molecule has 0 saturated carbocycles. The van der Waals surface area contributed by atoms with Crippen LogP contribution in [-0.2, 0) is 0 Å². The van der Waals surface area contributed by atoms with E-state index in [1.165, 1.54) is 6.08 Å². The first-order valence-electron chi connectivity index (χ1n) is 9.99. The van der Waals surface area contributed by atoms with Gasteiger partial charge >= 0.3 is 5.97 Å². The summed E-state index contributed by atoms with van der Waals surface area (Å²) < 4.78 is 0. The van der Waals surface area contributed by atoms with E-state index in [1.807, 2.05) is 24.3 Å². The van der Waals surface area contributed by atoms with E-state index in [9.17, 15) is 40.2 Å². The van der Waals surface area contributed by atoms with Crippen LogP contribution in [0.3, 0.4) is 0 Å². The van der Waals surface area contributed by atoms with E-state index in [2.05, 4.69) is 4.98 Å². The number of aromatic carboxylic acids is 1. The molecule has 1 aliphatic carbocycles. The number of H-pyrrole nitrogens is 1. The van der Waals surface area contributed by atoms with Gasteiger partial charge in [0.2, 0.25) is 0 Å². The Morgan fingerprint density at radius 3 is 2.06 bits per heavy atom. The highest BCUT2D eigenvalue weighted by atomic mass is 16.6. The number of rotatable bonds is 5. The van der Waals surface area contributed by atoms with Crippen molar-refractivity contribution in [3.63, 3.8) is 0 Å². The molecule has 12 heteroatoms. The number of nitro groups is 3. The Bertz CT molecular complexity index is 1550. The van der Waals surface area contributed by atoms with Gasteiger partial charge in [0.05, 0.1) is 32.0 Å². The zero-order valence-corrected chi connectivity index (χ0v) is 17.4. The highest BCUT2D eigenvalue weighted by molar-refractivity contribution is 6.15. The Balaban J connectivity index is 1.92. The first-order chi connectivity index (χ1) is 16.7. The third-order valence-electron chi connectivity index (χ3n) is 5.76. The zero-order valence-electron chi connectivity index (χ0n) is 17.4. The van der Waals surface area contributed by atoms with Gasteiger partial charge in [-0.2, -0.15) is 0 Å². The number of hydrogen-bond donors (Lipinski definition) is 2. The fourth-order valence-electron chi connectivity index (χ4n) is 4.35. The molecule has 1 aromatic heterocycles. The maximum atomic E-state index is 12.1. The Kier molecular flexibility index (Phi) is 4.65. The van der Waals surface area contributed by atoms with E-state index in [4.69, 9.17) is 0 Å². The highest BCUT2D eigenvalue weighted by Gasteiger charge is 2.38. The number of nitro benzene ring substituents is 3. The summed E-state index contributed by atoms with van der Waals surface area (Å²) >= 11 is 0. The summed E-state index contributed by atoms with van der Waals surface area (Å²) in [6, 6.07) is 12.9. The Morgan fingerprint density at radius 2 is 1.46 bits per heavy atom. The van der Waals surface area contributed by atoms with Crippen LogP contribution in [0.25, 0.3) is 33.7 Å². The molecule has 4 aromatic rings. The number of benzene rings is 3. The van der Waals surface area contributed by atoms with E-state index >= 15 is 0 Å². The minimum Gasteiger partial charge on any atom is -0.478 e. The van der Waals surface area contributed by atoms with Crippen molar-refractivity contribution in [2.45, 2.75) is 0 Å². The minimum atomic E-state index is -1.53. The smallest absolute Gasteiger partial charge is 0.336 e. The van der Waals surface area contributed by atoms with Crippen molar-refractivity contribution in [3.05, 3.63) is 107 Å². The second kappa shape index (κ2) is 7.59. The van der Waals surface area contributed by atoms with Crippen molar-refractivity contribution in [2.24, 2.45) is 0 Å². The van der Waals surface area contributed by atoms with E-state index in [-0.39, 0.29) is 27.8 Å². The van der Waals surface area contributed by atoms with Crippen LogP contribution in [0.5, 0.6) is 0 Å². The van der Waals surface area contributed by atoms with Gasteiger partial charge in [-0.25, -0.2) is 4.79 Å². The molecule has 172 valence electrons. The van der Waals surface area contributed by atoms with E-state index in [0.717, 1.165) is 35.2 Å². The van der Waals surface area contributed by atoms with Gasteiger partial charge in [-0.15, -0.1) is 0 Å². The molecular formula is C23H12N4O8. The first-order valence-corrected chi connectivity index (χ1v) is 9.99. The predicted octanol–water partition coefficient (Wildman–Crippen LogP) is 5.16. The molecule has 0 atom stereocenters. The maximum absolute atomic E-state index is 12.1. The molecule has 3 aromatic carbocycles. The maximum Gasteiger partial charge on any atom is 0.336 e. The molecular weight excluding hydrogens is 460 g/mol. The van der Waals surface area contributed by atoms with Crippen molar-refractivity contribution in [2.75, 3.05) is 0 Å². The summed E-state index contributed by atoms with van der Waals surface area (Å²) in [5.74, 6) is -1.53. The lowest BCUT2D eigenvalue weighted by molar-refractivity contribution is -0.393. The molecule has 0 saturated heterocycles. The lowest BCUT2D eigenvalue weighted by atomic mass is 9.97. The molecule has 12 nitrogen and oxygen atoms in total. The predicted molar refractivity (Wildman–Crippen MR) is 124 cm³/mol. The number of aromatic nitrogens is 1. The molecule has 0 spiro atoms. The molecule has 5 rings (SSSR count). The number of aromatic amines is 1. The van der Waals surface area contributed by atoms with Crippen LogP contribution in [0.2, 0.25) is 0 Å². The fourth-order valence-corrected chi connectivity index (χ4v) is 4.35. The Labute approximate surface area is 194 Å². The molecule has 0 aliphatic heterocycles. The van der Waals surface area contributed by atoms with Gasteiger partial charge in [-0.05, 0) is 34.7 Å². The van der Waals surface area contributed by atoms with Crippen molar-refractivity contribution < 1.29 is 24.7 Å². The summed E-state index contributed by atoms with van der Waals surface area (Å²) in [5, 5.41) is 45.6. The summed E-state index contributed by atoms with van der Waals surface area (Å²) in [5.41, 5.74) is -1.01. The third kappa shape index (κ3) is 3.36. The quantitative estimate of drug-likeness (QED) is 0.259. The van der Waals surface area contributed by atoms with Gasteiger partial charge < -0.3 is 10.1 Å². The molecule has 35 heavy (non-hydrogen) atoms. The number of carboxylic acids is 1. The Morgan fingerprint density at radius 1 is 0.829 bits per heavy atom. The molecule has 2 N–H and O–H groups in total. The average Bonchev–Trinajstić information content (AvgIpc) is 3.36. The van der Waals surface area contributed by atoms with Crippen molar-refractivity contribution in [1.82, 2.24) is 4.98 Å². The summed E-state index contributed by atoms with van der Waals surface area (Å²) in [6.07, 6.45) is 1.54. The van der Waals surface area contributed by atoms with Crippen LogP contribution >= 0.6 is 0 Å². The number of nitrogens with zero attached hydrogens (tertiary/aromatic N) is 3. The lowest BCUT2D eigenvalue weighted by Gasteiger charge is -2.06. The van der Waals surface area contributed by atoms with Gasteiger partial charge in [0.1, 0.15) is 0 Å². The summed E-state index contributed by atoms with van der Waals surface area (Å²) in [7, 11) is 0. The average molecular weight is 472 g/mol. The first kappa shape index (κ1) is 21.5. The number of carboxylic acid groups (broad SMARTS) is 1. The number of nitrogens with one attached hydrogen (secondary N) is 1. The Hall–Kier alpha value is -5.39. The molecule has 0 fully saturated rings. The van der Waals surface area contributed by atoms with Crippen LogP contribution in [0.4, 0.5) is 17.1 Å². The number of hydrogen-bond acceptors (Lipinski definition) is 7. The molecule has 0 amide bonds. The van der Waals surface area contributed by atoms with E-state index in [1.54, 1.807) is 6.07 Å².